The fourth-order valence-electron chi connectivity index (χ4n) is 2.59. The molecule has 1 saturated carbocycles. The molecule has 2 heterocycles. The van der Waals surface area contributed by atoms with Gasteiger partial charge in [0, 0.05) is 23.1 Å². The number of sulfonamides is 1. The summed E-state index contributed by atoms with van der Waals surface area (Å²) in [5.41, 5.74) is 1.43. The van der Waals surface area contributed by atoms with Gasteiger partial charge in [-0.1, -0.05) is 12.1 Å². The van der Waals surface area contributed by atoms with Gasteiger partial charge in [-0.25, -0.2) is 18.4 Å². The first kappa shape index (κ1) is 14.2. The molecule has 1 aromatic carbocycles. The summed E-state index contributed by atoms with van der Waals surface area (Å²) in [7, 11) is -3.77. The number of nitrogens with one attached hydrogen (secondary N) is 1. The molecular weight excluding hydrogens is 314 g/mol. The average Bonchev–Trinajstić information content (AvgIpc) is 3.25. The number of hydrogen-bond acceptors (Lipinski definition) is 5. The quantitative estimate of drug-likeness (QED) is 0.794. The lowest BCUT2D eigenvalue weighted by molar-refractivity contribution is 0.587. The Morgan fingerprint density at radius 3 is 2.78 bits per heavy atom. The van der Waals surface area contributed by atoms with Gasteiger partial charge in [-0.2, -0.15) is 0 Å². The van der Waals surface area contributed by atoms with Gasteiger partial charge in [0.2, 0.25) is 0 Å². The summed E-state index contributed by atoms with van der Waals surface area (Å²) in [6.07, 6.45) is 3.44. The summed E-state index contributed by atoms with van der Waals surface area (Å²) in [6, 6.07) is 8.73. The van der Waals surface area contributed by atoms with Gasteiger partial charge in [0.05, 0.1) is 0 Å². The Morgan fingerprint density at radius 2 is 2.00 bits per heavy atom. The highest BCUT2D eigenvalue weighted by atomic mass is 32.2. The molecule has 6 nitrogen and oxygen atoms in total. The van der Waals surface area contributed by atoms with Gasteiger partial charge in [-0.15, -0.1) is 0 Å². The second-order valence-corrected chi connectivity index (χ2v) is 7.35. The number of aryl methyl sites for hydroxylation is 1. The van der Waals surface area contributed by atoms with Gasteiger partial charge in [0.15, 0.2) is 0 Å². The first-order chi connectivity index (χ1) is 11.0. The van der Waals surface area contributed by atoms with Crippen LogP contribution < -0.4 is 4.72 Å². The second kappa shape index (κ2) is 5.06. The van der Waals surface area contributed by atoms with Crippen LogP contribution in [0.1, 0.15) is 30.3 Å². The van der Waals surface area contributed by atoms with E-state index < -0.39 is 10.0 Å². The maximum atomic E-state index is 12.7. The van der Waals surface area contributed by atoms with E-state index in [-0.39, 0.29) is 4.90 Å². The number of furan rings is 1. The lowest BCUT2D eigenvalue weighted by atomic mass is 10.3. The molecule has 0 unspecified atom stereocenters. The molecule has 1 fully saturated rings. The van der Waals surface area contributed by atoms with Gasteiger partial charge in [0.25, 0.3) is 10.0 Å². The largest absolute Gasteiger partial charge is 0.463 e. The van der Waals surface area contributed by atoms with E-state index in [1.807, 2.05) is 0 Å². The third kappa shape index (κ3) is 2.68. The van der Waals surface area contributed by atoms with Crippen molar-refractivity contribution in [1.82, 2.24) is 9.97 Å². The Balaban J connectivity index is 1.72. The molecule has 0 bridgehead atoms. The smallest absolute Gasteiger partial charge is 0.266 e. The van der Waals surface area contributed by atoms with Crippen molar-refractivity contribution < 1.29 is 12.8 Å². The van der Waals surface area contributed by atoms with E-state index >= 15 is 0 Å². The molecule has 0 radical (unpaired) electrons. The van der Waals surface area contributed by atoms with Crippen molar-refractivity contribution in [3.05, 3.63) is 48.1 Å². The maximum absolute atomic E-state index is 12.7. The minimum atomic E-state index is -3.77. The molecule has 3 aromatic rings. The molecule has 0 atom stereocenters. The molecule has 0 amide bonds. The molecule has 0 saturated heterocycles. The molecule has 1 N–H and O–H groups in total. The van der Waals surface area contributed by atoms with E-state index in [1.54, 1.807) is 37.3 Å². The van der Waals surface area contributed by atoms with Gasteiger partial charge < -0.3 is 4.42 Å². The number of hydrogen-bond donors (Lipinski definition) is 1. The summed E-state index contributed by atoms with van der Waals surface area (Å²) < 4.78 is 33.2. The van der Waals surface area contributed by atoms with Crippen molar-refractivity contribution in [2.24, 2.45) is 0 Å². The zero-order chi connectivity index (χ0) is 16.0. The van der Waals surface area contributed by atoms with Crippen LogP contribution in [0, 0.1) is 6.92 Å². The number of benzene rings is 1. The Hall–Kier alpha value is -2.41. The lowest BCUT2D eigenvalue weighted by Crippen LogP contribution is -2.14. The molecule has 2 aromatic heterocycles. The van der Waals surface area contributed by atoms with E-state index in [4.69, 9.17) is 4.42 Å². The van der Waals surface area contributed by atoms with Crippen molar-refractivity contribution in [3.63, 3.8) is 0 Å². The van der Waals surface area contributed by atoms with Crippen LogP contribution in [0.4, 0.5) is 5.82 Å². The molecule has 7 heteroatoms. The van der Waals surface area contributed by atoms with Crippen LogP contribution in [-0.2, 0) is 10.0 Å². The van der Waals surface area contributed by atoms with Gasteiger partial charge >= 0.3 is 0 Å². The lowest BCUT2D eigenvalue weighted by Gasteiger charge is -2.08. The van der Waals surface area contributed by atoms with E-state index in [0.29, 0.717) is 28.5 Å². The number of anilines is 1. The number of nitrogens with zero attached hydrogens (tertiary/aromatic N) is 2. The van der Waals surface area contributed by atoms with Crippen LogP contribution in [0.3, 0.4) is 0 Å². The summed E-state index contributed by atoms with van der Waals surface area (Å²) >= 11 is 0. The molecular formula is C16H15N3O3S. The topological polar surface area (TPSA) is 85.1 Å². The molecule has 0 spiro atoms. The maximum Gasteiger partial charge on any atom is 0.266 e. The van der Waals surface area contributed by atoms with E-state index in [0.717, 1.165) is 18.5 Å². The van der Waals surface area contributed by atoms with Crippen LogP contribution in [0.25, 0.3) is 11.0 Å². The first-order valence-electron chi connectivity index (χ1n) is 7.37. The van der Waals surface area contributed by atoms with Crippen molar-refractivity contribution in [1.29, 1.82) is 0 Å². The average molecular weight is 329 g/mol. The minimum Gasteiger partial charge on any atom is -0.463 e. The van der Waals surface area contributed by atoms with Crippen LogP contribution >= 0.6 is 0 Å². The Morgan fingerprint density at radius 1 is 1.22 bits per heavy atom. The Bertz CT molecular complexity index is 991. The Kier molecular flexibility index (Phi) is 3.12. The summed E-state index contributed by atoms with van der Waals surface area (Å²) in [4.78, 5) is 8.67. The normalized spacial score (nSPS) is 15.0. The Labute approximate surface area is 133 Å². The van der Waals surface area contributed by atoms with Crippen LogP contribution in [0.5, 0.6) is 0 Å². The molecule has 0 aliphatic heterocycles. The summed E-state index contributed by atoms with van der Waals surface area (Å²) in [5, 5.41) is 0.549. The number of rotatable bonds is 4. The fourth-order valence-corrected chi connectivity index (χ4v) is 3.71. The SMILES string of the molecule is Cc1nc(NS(=O)(=O)c2coc3ccccc23)cc(C2CC2)n1. The highest BCUT2D eigenvalue weighted by Gasteiger charge is 2.27. The van der Waals surface area contributed by atoms with Crippen molar-refractivity contribution >= 4 is 26.8 Å². The van der Waals surface area contributed by atoms with E-state index in [1.165, 1.54) is 6.26 Å². The number of aromatic nitrogens is 2. The van der Waals surface area contributed by atoms with Crippen molar-refractivity contribution in [3.8, 4) is 0 Å². The van der Waals surface area contributed by atoms with Crippen LogP contribution in [-0.4, -0.2) is 18.4 Å². The first-order valence-corrected chi connectivity index (χ1v) is 8.86. The predicted molar refractivity (Wildman–Crippen MR) is 85.8 cm³/mol. The highest BCUT2D eigenvalue weighted by molar-refractivity contribution is 7.93. The molecule has 4 rings (SSSR count). The van der Waals surface area contributed by atoms with Gasteiger partial charge in [-0.3, -0.25) is 4.72 Å². The minimum absolute atomic E-state index is 0.109. The zero-order valence-corrected chi connectivity index (χ0v) is 13.3. The highest BCUT2D eigenvalue weighted by Crippen LogP contribution is 2.39. The third-order valence-electron chi connectivity index (χ3n) is 3.83. The van der Waals surface area contributed by atoms with Crippen LogP contribution in [0.15, 0.2) is 45.9 Å². The standard InChI is InChI=1S/C16H15N3O3S/c1-10-17-13(11-6-7-11)8-16(18-10)19-23(20,21)15-9-22-14-5-3-2-4-12(14)15/h2-5,8-9,11H,6-7H2,1H3,(H,17,18,19). The molecule has 1 aliphatic carbocycles. The fraction of sp³-hybridized carbons (Fsp3) is 0.250. The van der Waals surface area contributed by atoms with Gasteiger partial charge in [-0.05, 0) is 31.9 Å². The summed E-state index contributed by atoms with van der Waals surface area (Å²) in [6.45, 7) is 1.76. The third-order valence-corrected chi connectivity index (χ3v) is 5.20. The second-order valence-electron chi connectivity index (χ2n) is 5.70. The van der Waals surface area contributed by atoms with Crippen molar-refractivity contribution in [2.75, 3.05) is 4.72 Å². The van der Waals surface area contributed by atoms with E-state index in [9.17, 15) is 8.42 Å². The molecule has 118 valence electrons. The van der Waals surface area contributed by atoms with Crippen LogP contribution in [0.2, 0.25) is 0 Å². The predicted octanol–water partition coefficient (Wildman–Crippen LogP) is 3.21. The van der Waals surface area contributed by atoms with Gasteiger partial charge in [0.1, 0.15) is 28.4 Å². The molecule has 23 heavy (non-hydrogen) atoms. The van der Waals surface area contributed by atoms with E-state index in [2.05, 4.69) is 14.7 Å². The number of fused-ring (bicyclic) bond motifs is 1. The summed E-state index contributed by atoms with van der Waals surface area (Å²) in [5.74, 6) is 1.28. The van der Waals surface area contributed by atoms with Crippen molar-refractivity contribution in [2.45, 2.75) is 30.6 Å². The zero-order valence-electron chi connectivity index (χ0n) is 12.5. The number of para-hydroxylation sites is 1. The monoisotopic (exact) mass is 329 g/mol. The molecule has 1 aliphatic rings.